The molecule has 0 spiro atoms. The van der Waals surface area contributed by atoms with Crippen LogP contribution in [0, 0.1) is 10.1 Å². The fraction of sp³-hybridized carbons (Fsp3) is 0.111. The van der Waals surface area contributed by atoms with E-state index in [1.807, 2.05) is 0 Å². The zero-order chi connectivity index (χ0) is 14.9. The number of aromatic nitrogens is 4. The Kier molecular flexibility index (Phi) is 3.52. The van der Waals surface area contributed by atoms with E-state index in [1.165, 1.54) is 23.9 Å². The molecular weight excluding hydrogens is 288 g/mol. The topological polar surface area (TPSA) is 150 Å². The smallest absolute Gasteiger partial charge is 0.339 e. The summed E-state index contributed by atoms with van der Waals surface area (Å²) in [7, 11) is 1.44. The molecular formula is C9H8N6O4S. The van der Waals surface area contributed by atoms with Crippen LogP contribution in [-0.4, -0.2) is 24.7 Å². The number of hydrogen-bond acceptors (Lipinski definition) is 8. The van der Waals surface area contributed by atoms with Crippen molar-refractivity contribution in [2.24, 2.45) is 7.05 Å². The number of nitrogens with zero attached hydrogens (tertiary/aromatic N) is 4. The Morgan fingerprint density at radius 1 is 1.40 bits per heavy atom. The lowest BCUT2D eigenvalue weighted by molar-refractivity contribution is -0.388. The molecule has 0 aliphatic rings. The molecule has 0 aromatic carbocycles. The Morgan fingerprint density at radius 2 is 2.10 bits per heavy atom. The summed E-state index contributed by atoms with van der Waals surface area (Å²) in [4.78, 5) is 39.9. The molecule has 20 heavy (non-hydrogen) atoms. The lowest BCUT2D eigenvalue weighted by atomic mass is 10.4. The number of pyridine rings is 1. The van der Waals surface area contributed by atoms with Crippen LogP contribution in [0.25, 0.3) is 0 Å². The van der Waals surface area contributed by atoms with E-state index >= 15 is 0 Å². The van der Waals surface area contributed by atoms with Crippen molar-refractivity contribution < 1.29 is 4.92 Å². The third-order valence-corrected chi connectivity index (χ3v) is 3.24. The monoisotopic (exact) mass is 296 g/mol. The van der Waals surface area contributed by atoms with E-state index in [-0.39, 0.29) is 21.7 Å². The Labute approximate surface area is 114 Å². The summed E-state index contributed by atoms with van der Waals surface area (Å²) in [5.41, 5.74) is 3.33. The maximum Gasteiger partial charge on any atom is 0.339 e. The van der Waals surface area contributed by atoms with Crippen LogP contribution in [0.2, 0.25) is 0 Å². The van der Waals surface area contributed by atoms with Crippen molar-refractivity contribution in [3.8, 4) is 0 Å². The first-order valence-corrected chi connectivity index (χ1v) is 5.96. The van der Waals surface area contributed by atoms with Gasteiger partial charge in [-0.05, 0) is 17.8 Å². The number of aromatic amines is 1. The largest absolute Gasteiger partial charge is 0.384 e. The molecule has 0 amide bonds. The van der Waals surface area contributed by atoms with Gasteiger partial charge >= 0.3 is 16.8 Å². The average molecular weight is 296 g/mol. The average Bonchev–Trinajstić information content (AvgIpc) is 2.35. The van der Waals surface area contributed by atoms with Crippen molar-refractivity contribution in [2.75, 3.05) is 5.73 Å². The second-order valence-electron chi connectivity index (χ2n) is 3.62. The molecule has 2 aromatic rings. The van der Waals surface area contributed by atoms with Crippen LogP contribution in [0.5, 0.6) is 0 Å². The fourth-order valence-electron chi connectivity index (χ4n) is 1.30. The predicted molar refractivity (Wildman–Crippen MR) is 69.5 cm³/mol. The highest BCUT2D eigenvalue weighted by atomic mass is 32.2. The van der Waals surface area contributed by atoms with Gasteiger partial charge in [-0.15, -0.1) is 0 Å². The first kappa shape index (κ1) is 13.7. The molecule has 0 unspecified atom stereocenters. The number of nitrogens with two attached hydrogens (primary N) is 1. The SMILES string of the molecule is Cn1[nH]c(=O)c(=O)nc1Sc1nc(N)ccc1[N+](=O)[O-]. The van der Waals surface area contributed by atoms with Crippen molar-refractivity contribution >= 4 is 23.3 Å². The van der Waals surface area contributed by atoms with Crippen LogP contribution >= 0.6 is 11.8 Å². The Hall–Kier alpha value is -2.69. The first-order valence-electron chi connectivity index (χ1n) is 5.14. The summed E-state index contributed by atoms with van der Waals surface area (Å²) in [6.07, 6.45) is 0. The molecule has 104 valence electrons. The third kappa shape index (κ3) is 2.66. The summed E-state index contributed by atoms with van der Waals surface area (Å²) in [6.45, 7) is 0. The molecule has 0 bridgehead atoms. The third-order valence-electron chi connectivity index (χ3n) is 2.19. The minimum atomic E-state index is -0.989. The van der Waals surface area contributed by atoms with E-state index in [4.69, 9.17) is 5.73 Å². The summed E-state index contributed by atoms with van der Waals surface area (Å²) in [6, 6.07) is 2.50. The van der Waals surface area contributed by atoms with E-state index in [1.54, 1.807) is 0 Å². The standard InChI is InChI=1S/C9H8N6O4S/c1-14-9(12-6(16)7(17)13-14)20-8-4(15(18)19)2-3-5(10)11-8/h2-3H,1H3,(H2,10,11)(H,13,17). The molecule has 11 heteroatoms. The fourth-order valence-corrected chi connectivity index (χ4v) is 2.18. The molecule has 0 fully saturated rings. The lowest BCUT2D eigenvalue weighted by Gasteiger charge is -2.06. The van der Waals surface area contributed by atoms with Gasteiger partial charge < -0.3 is 5.73 Å². The van der Waals surface area contributed by atoms with Gasteiger partial charge in [0.1, 0.15) is 5.82 Å². The van der Waals surface area contributed by atoms with E-state index in [9.17, 15) is 19.7 Å². The van der Waals surface area contributed by atoms with Crippen LogP contribution in [0.3, 0.4) is 0 Å². The molecule has 2 heterocycles. The second kappa shape index (κ2) is 5.13. The van der Waals surface area contributed by atoms with E-state index in [2.05, 4.69) is 15.1 Å². The second-order valence-corrected chi connectivity index (χ2v) is 4.58. The van der Waals surface area contributed by atoms with E-state index in [0.717, 1.165) is 11.8 Å². The predicted octanol–water partition coefficient (Wildman–Crippen LogP) is -0.495. The highest BCUT2D eigenvalue weighted by Crippen LogP contribution is 2.31. The number of nitrogens with one attached hydrogen (secondary N) is 1. The minimum absolute atomic E-state index is 0.0236. The maximum absolute atomic E-state index is 11.2. The van der Waals surface area contributed by atoms with Gasteiger partial charge in [0.15, 0.2) is 10.2 Å². The number of anilines is 1. The molecule has 2 rings (SSSR count). The Morgan fingerprint density at radius 3 is 2.75 bits per heavy atom. The highest BCUT2D eigenvalue weighted by Gasteiger charge is 2.19. The van der Waals surface area contributed by atoms with Crippen molar-refractivity contribution in [2.45, 2.75) is 10.2 Å². The van der Waals surface area contributed by atoms with Crippen LogP contribution < -0.4 is 16.9 Å². The number of H-pyrrole nitrogens is 1. The zero-order valence-corrected chi connectivity index (χ0v) is 10.9. The number of nitrogen functional groups attached to an aromatic ring is 1. The van der Waals surface area contributed by atoms with E-state index < -0.39 is 16.0 Å². The van der Waals surface area contributed by atoms with Crippen molar-refractivity contribution in [1.82, 2.24) is 19.7 Å². The van der Waals surface area contributed by atoms with Crippen molar-refractivity contribution in [3.05, 3.63) is 43.0 Å². The summed E-state index contributed by atoms with van der Waals surface area (Å²) in [5.74, 6) is 0.0903. The van der Waals surface area contributed by atoms with Crippen LogP contribution in [-0.2, 0) is 7.05 Å². The van der Waals surface area contributed by atoms with Gasteiger partial charge in [-0.1, -0.05) is 0 Å². The molecule has 0 radical (unpaired) electrons. The molecule has 0 aliphatic heterocycles. The molecule has 3 N–H and O–H groups in total. The van der Waals surface area contributed by atoms with Gasteiger partial charge in [-0.2, -0.15) is 4.98 Å². The normalized spacial score (nSPS) is 10.4. The van der Waals surface area contributed by atoms with Crippen LogP contribution in [0.1, 0.15) is 0 Å². The number of nitro groups is 1. The quantitative estimate of drug-likeness (QED) is 0.437. The number of hydrogen-bond donors (Lipinski definition) is 2. The van der Waals surface area contributed by atoms with Gasteiger partial charge in [-0.3, -0.25) is 29.5 Å². The van der Waals surface area contributed by atoms with Crippen LogP contribution in [0.15, 0.2) is 31.9 Å². The summed E-state index contributed by atoms with van der Waals surface area (Å²) >= 11 is 0.755. The van der Waals surface area contributed by atoms with Gasteiger partial charge in [-0.25, -0.2) is 4.98 Å². The maximum atomic E-state index is 11.2. The highest BCUT2D eigenvalue weighted by molar-refractivity contribution is 7.99. The molecule has 10 nitrogen and oxygen atoms in total. The summed E-state index contributed by atoms with van der Waals surface area (Å²) < 4.78 is 1.17. The van der Waals surface area contributed by atoms with Gasteiger partial charge in [0.25, 0.3) is 0 Å². The van der Waals surface area contributed by atoms with Crippen molar-refractivity contribution in [1.29, 1.82) is 0 Å². The number of rotatable bonds is 3. The molecule has 0 saturated carbocycles. The lowest BCUT2D eigenvalue weighted by Crippen LogP contribution is -2.33. The molecule has 2 aromatic heterocycles. The van der Waals surface area contributed by atoms with Gasteiger partial charge in [0.2, 0.25) is 0 Å². The molecule has 0 saturated heterocycles. The zero-order valence-electron chi connectivity index (χ0n) is 10.1. The molecule has 0 aliphatic carbocycles. The van der Waals surface area contributed by atoms with Crippen LogP contribution in [0.4, 0.5) is 11.5 Å². The Bertz CT molecular complexity index is 798. The van der Waals surface area contributed by atoms with E-state index in [0.29, 0.717) is 0 Å². The molecule has 0 atom stereocenters. The van der Waals surface area contributed by atoms with Gasteiger partial charge in [0, 0.05) is 13.1 Å². The summed E-state index contributed by atoms with van der Waals surface area (Å²) in [5, 5.41) is 13.1. The van der Waals surface area contributed by atoms with Crippen molar-refractivity contribution in [3.63, 3.8) is 0 Å². The Balaban J connectivity index is 2.52. The van der Waals surface area contributed by atoms with Gasteiger partial charge in [0.05, 0.1) is 4.92 Å². The minimum Gasteiger partial charge on any atom is -0.384 e. The number of aryl methyl sites for hydroxylation is 1. The first-order chi connectivity index (χ1) is 9.38.